The third-order valence-corrected chi connectivity index (χ3v) is 2.70. The second-order valence-electron chi connectivity index (χ2n) is 3.95. The van der Waals surface area contributed by atoms with E-state index in [9.17, 15) is 10.2 Å². The van der Waals surface area contributed by atoms with Crippen molar-refractivity contribution in [2.24, 2.45) is 0 Å². The molecule has 0 spiro atoms. The zero-order chi connectivity index (χ0) is 12.5. The maximum Gasteiger partial charge on any atom is 0.125 e. The van der Waals surface area contributed by atoms with Gasteiger partial charge in [-0.05, 0) is 30.3 Å². The molecule has 0 unspecified atom stereocenters. The number of nitrogens with zero attached hydrogens (tertiary/aromatic N) is 2. The summed E-state index contributed by atoms with van der Waals surface area (Å²) < 4.78 is 0. The van der Waals surface area contributed by atoms with E-state index < -0.39 is 0 Å². The lowest BCUT2D eigenvalue weighted by Gasteiger charge is -2.05. The van der Waals surface area contributed by atoms with Crippen LogP contribution in [0.2, 0.25) is 0 Å². The first-order valence-electron chi connectivity index (χ1n) is 5.48. The van der Waals surface area contributed by atoms with Crippen molar-refractivity contribution in [3.63, 3.8) is 0 Å². The van der Waals surface area contributed by atoms with Crippen LogP contribution in [0.4, 0.5) is 0 Å². The number of phenols is 2. The van der Waals surface area contributed by atoms with Crippen LogP contribution in [-0.2, 0) is 0 Å². The molecule has 0 bridgehead atoms. The summed E-state index contributed by atoms with van der Waals surface area (Å²) in [6, 6.07) is 11.8. The first kappa shape index (κ1) is 10.5. The van der Waals surface area contributed by atoms with Gasteiger partial charge in [0.15, 0.2) is 0 Å². The van der Waals surface area contributed by atoms with Crippen molar-refractivity contribution >= 4 is 11.0 Å². The SMILES string of the molecule is Oc1ccc(O)c(-c2cnc3ccccc3n2)c1. The molecule has 0 radical (unpaired) electrons. The third-order valence-electron chi connectivity index (χ3n) is 2.70. The molecule has 0 saturated carbocycles. The normalized spacial score (nSPS) is 10.7. The van der Waals surface area contributed by atoms with Crippen molar-refractivity contribution in [2.75, 3.05) is 0 Å². The second-order valence-corrected chi connectivity index (χ2v) is 3.95. The number of aromatic nitrogens is 2. The molecule has 4 heteroatoms. The van der Waals surface area contributed by atoms with E-state index in [1.54, 1.807) is 6.20 Å². The Labute approximate surface area is 103 Å². The quantitative estimate of drug-likeness (QED) is 0.640. The molecule has 1 heterocycles. The first-order valence-corrected chi connectivity index (χ1v) is 5.48. The minimum absolute atomic E-state index is 0.0670. The number of phenolic OH excluding ortho intramolecular Hbond substituents is 2. The molecule has 18 heavy (non-hydrogen) atoms. The molecule has 2 aromatic carbocycles. The summed E-state index contributed by atoms with van der Waals surface area (Å²) in [7, 11) is 0. The molecule has 0 atom stereocenters. The van der Waals surface area contributed by atoms with Gasteiger partial charge in [0.1, 0.15) is 11.5 Å². The molecule has 1 aromatic heterocycles. The van der Waals surface area contributed by atoms with Crippen LogP contribution in [0.3, 0.4) is 0 Å². The number of hydrogen-bond donors (Lipinski definition) is 2. The monoisotopic (exact) mass is 238 g/mol. The minimum atomic E-state index is 0.0670. The van der Waals surface area contributed by atoms with Crippen molar-refractivity contribution in [1.82, 2.24) is 9.97 Å². The van der Waals surface area contributed by atoms with E-state index in [-0.39, 0.29) is 11.5 Å². The number of para-hydroxylation sites is 2. The topological polar surface area (TPSA) is 66.2 Å². The zero-order valence-corrected chi connectivity index (χ0v) is 9.41. The first-order chi connectivity index (χ1) is 8.74. The van der Waals surface area contributed by atoms with Gasteiger partial charge in [0.2, 0.25) is 0 Å². The number of benzene rings is 2. The molecule has 2 N–H and O–H groups in total. The highest BCUT2D eigenvalue weighted by Crippen LogP contribution is 2.31. The lowest BCUT2D eigenvalue weighted by Crippen LogP contribution is -1.88. The van der Waals surface area contributed by atoms with Crippen LogP contribution in [-0.4, -0.2) is 20.2 Å². The van der Waals surface area contributed by atoms with Gasteiger partial charge in [-0.3, -0.25) is 4.98 Å². The molecular weight excluding hydrogens is 228 g/mol. The average Bonchev–Trinajstić information content (AvgIpc) is 2.41. The van der Waals surface area contributed by atoms with Crippen molar-refractivity contribution in [3.05, 3.63) is 48.7 Å². The highest BCUT2D eigenvalue weighted by atomic mass is 16.3. The number of hydrogen-bond acceptors (Lipinski definition) is 4. The Kier molecular flexibility index (Phi) is 2.34. The van der Waals surface area contributed by atoms with E-state index in [0.29, 0.717) is 11.3 Å². The van der Waals surface area contributed by atoms with Gasteiger partial charge in [0, 0.05) is 5.56 Å². The maximum atomic E-state index is 9.78. The Hall–Kier alpha value is -2.62. The summed E-state index contributed by atoms with van der Waals surface area (Å²) in [5.74, 6) is 0.148. The van der Waals surface area contributed by atoms with E-state index in [1.165, 1.54) is 18.2 Å². The van der Waals surface area contributed by atoms with Crippen LogP contribution in [0, 0.1) is 0 Å². The standard InChI is InChI=1S/C14H10N2O2/c17-9-5-6-14(18)10(7-9)13-8-15-11-3-1-2-4-12(11)16-13/h1-8,17-18H. The Bertz CT molecular complexity index is 726. The van der Waals surface area contributed by atoms with Gasteiger partial charge >= 0.3 is 0 Å². The predicted octanol–water partition coefficient (Wildman–Crippen LogP) is 2.71. The van der Waals surface area contributed by atoms with Crippen molar-refractivity contribution in [1.29, 1.82) is 0 Å². The summed E-state index contributed by atoms with van der Waals surface area (Å²) in [6.07, 6.45) is 1.58. The van der Waals surface area contributed by atoms with E-state index in [4.69, 9.17) is 0 Å². The van der Waals surface area contributed by atoms with Crippen LogP contribution in [0.15, 0.2) is 48.7 Å². The van der Waals surface area contributed by atoms with Crippen molar-refractivity contribution in [3.8, 4) is 22.8 Å². The fraction of sp³-hybridized carbons (Fsp3) is 0. The van der Waals surface area contributed by atoms with Crippen LogP contribution in [0.25, 0.3) is 22.3 Å². The van der Waals surface area contributed by atoms with E-state index >= 15 is 0 Å². The van der Waals surface area contributed by atoms with Crippen LogP contribution in [0.1, 0.15) is 0 Å². The number of rotatable bonds is 1. The number of aromatic hydroxyl groups is 2. The molecular formula is C14H10N2O2. The Morgan fingerprint density at radius 1 is 0.889 bits per heavy atom. The van der Waals surface area contributed by atoms with E-state index in [1.807, 2.05) is 24.3 Å². The molecule has 0 aliphatic rings. The number of fused-ring (bicyclic) bond motifs is 1. The smallest absolute Gasteiger partial charge is 0.125 e. The van der Waals surface area contributed by atoms with Gasteiger partial charge in [-0.25, -0.2) is 4.98 Å². The van der Waals surface area contributed by atoms with E-state index in [0.717, 1.165) is 11.0 Å². The van der Waals surface area contributed by atoms with Gasteiger partial charge in [-0.15, -0.1) is 0 Å². The molecule has 3 rings (SSSR count). The summed E-state index contributed by atoms with van der Waals surface area (Å²) >= 11 is 0. The molecule has 88 valence electrons. The van der Waals surface area contributed by atoms with Crippen molar-refractivity contribution in [2.45, 2.75) is 0 Å². The van der Waals surface area contributed by atoms with Gasteiger partial charge in [0.05, 0.1) is 22.9 Å². The van der Waals surface area contributed by atoms with Gasteiger partial charge in [0.25, 0.3) is 0 Å². The van der Waals surface area contributed by atoms with Gasteiger partial charge < -0.3 is 10.2 Å². The van der Waals surface area contributed by atoms with E-state index in [2.05, 4.69) is 9.97 Å². The fourth-order valence-electron chi connectivity index (χ4n) is 1.82. The molecule has 4 nitrogen and oxygen atoms in total. The minimum Gasteiger partial charge on any atom is -0.508 e. The lowest BCUT2D eigenvalue weighted by atomic mass is 10.1. The maximum absolute atomic E-state index is 9.78. The molecule has 0 aliphatic heterocycles. The van der Waals surface area contributed by atoms with Crippen LogP contribution < -0.4 is 0 Å². The fourth-order valence-corrected chi connectivity index (χ4v) is 1.82. The van der Waals surface area contributed by atoms with Crippen LogP contribution in [0.5, 0.6) is 11.5 Å². The predicted molar refractivity (Wildman–Crippen MR) is 68.3 cm³/mol. The Morgan fingerprint density at radius 2 is 1.67 bits per heavy atom. The molecule has 3 aromatic rings. The van der Waals surface area contributed by atoms with Gasteiger partial charge in [-0.2, -0.15) is 0 Å². The third kappa shape index (κ3) is 1.73. The highest BCUT2D eigenvalue weighted by molar-refractivity contribution is 5.78. The molecule has 0 aliphatic carbocycles. The van der Waals surface area contributed by atoms with Gasteiger partial charge in [-0.1, -0.05) is 12.1 Å². The highest BCUT2D eigenvalue weighted by Gasteiger charge is 2.08. The summed E-state index contributed by atoms with van der Waals surface area (Å²) in [5, 5.41) is 19.2. The van der Waals surface area contributed by atoms with Crippen LogP contribution >= 0.6 is 0 Å². The summed E-state index contributed by atoms with van der Waals surface area (Å²) in [6.45, 7) is 0. The average molecular weight is 238 g/mol. The van der Waals surface area contributed by atoms with Crippen molar-refractivity contribution < 1.29 is 10.2 Å². The zero-order valence-electron chi connectivity index (χ0n) is 9.41. The molecule has 0 fully saturated rings. The largest absolute Gasteiger partial charge is 0.508 e. The second kappa shape index (κ2) is 4.00. The Balaban J connectivity index is 2.22. The Morgan fingerprint density at radius 3 is 2.50 bits per heavy atom. The molecule has 0 saturated heterocycles. The molecule has 0 amide bonds. The summed E-state index contributed by atoms with van der Waals surface area (Å²) in [5.41, 5.74) is 2.54. The lowest BCUT2D eigenvalue weighted by molar-refractivity contribution is 0.461. The summed E-state index contributed by atoms with van der Waals surface area (Å²) in [4.78, 5) is 8.69.